The number of hydrogen-bond donors (Lipinski definition) is 1. The number of sulfonamides is 1. The molecular formula is C18H28N2O4S. The number of aryl methyl sites for hydroxylation is 3. The predicted molar refractivity (Wildman–Crippen MR) is 98.0 cm³/mol. The lowest BCUT2D eigenvalue weighted by atomic mass is 10.0. The Labute approximate surface area is 150 Å². The van der Waals surface area contributed by atoms with Crippen molar-refractivity contribution in [2.75, 3.05) is 33.1 Å². The van der Waals surface area contributed by atoms with Gasteiger partial charge in [-0.1, -0.05) is 29.3 Å². The second-order valence-electron chi connectivity index (χ2n) is 7.03. The van der Waals surface area contributed by atoms with Gasteiger partial charge in [0.1, 0.15) is 0 Å². The minimum Gasteiger partial charge on any atom is -0.379 e. The van der Waals surface area contributed by atoms with E-state index in [0.29, 0.717) is 26.1 Å². The van der Waals surface area contributed by atoms with Gasteiger partial charge in [0.25, 0.3) is 0 Å². The summed E-state index contributed by atoms with van der Waals surface area (Å²) in [6.07, 6.45) is 1.05. The second kappa shape index (κ2) is 8.29. The summed E-state index contributed by atoms with van der Waals surface area (Å²) in [5.74, 6) is -0.290. The van der Waals surface area contributed by atoms with E-state index in [1.54, 1.807) is 0 Å². The van der Waals surface area contributed by atoms with Crippen molar-refractivity contribution in [1.82, 2.24) is 9.62 Å². The molecule has 1 aliphatic rings. The quantitative estimate of drug-likeness (QED) is 0.786. The SMILES string of the molecule is Cc1cc(C)cc(CCC(=O)N[C@@H]2COC[C@H]2CS(=O)(=O)N(C)C)c1. The van der Waals surface area contributed by atoms with Crippen LogP contribution in [-0.4, -0.2) is 57.7 Å². The molecule has 0 bridgehead atoms. The van der Waals surface area contributed by atoms with E-state index in [2.05, 4.69) is 23.5 Å². The first-order chi connectivity index (χ1) is 11.7. The molecule has 1 fully saturated rings. The molecule has 1 amide bonds. The van der Waals surface area contributed by atoms with Crippen molar-refractivity contribution in [3.63, 3.8) is 0 Å². The molecule has 1 aliphatic heterocycles. The van der Waals surface area contributed by atoms with Crippen LogP contribution in [0.1, 0.15) is 23.1 Å². The number of nitrogens with zero attached hydrogens (tertiary/aromatic N) is 1. The fraction of sp³-hybridized carbons (Fsp3) is 0.611. The van der Waals surface area contributed by atoms with E-state index in [0.717, 1.165) is 5.56 Å². The van der Waals surface area contributed by atoms with E-state index in [4.69, 9.17) is 4.74 Å². The maximum absolute atomic E-state index is 12.3. The van der Waals surface area contributed by atoms with Crippen molar-refractivity contribution >= 4 is 15.9 Å². The van der Waals surface area contributed by atoms with E-state index in [-0.39, 0.29) is 23.6 Å². The van der Waals surface area contributed by atoms with E-state index in [1.807, 2.05) is 13.8 Å². The van der Waals surface area contributed by atoms with Crippen LogP contribution in [0.3, 0.4) is 0 Å². The molecule has 1 aromatic rings. The Kier molecular flexibility index (Phi) is 6.59. The fourth-order valence-electron chi connectivity index (χ4n) is 3.09. The number of amides is 1. The van der Waals surface area contributed by atoms with Crippen LogP contribution >= 0.6 is 0 Å². The van der Waals surface area contributed by atoms with Crippen LogP contribution in [0.25, 0.3) is 0 Å². The Hall–Kier alpha value is -1.44. The monoisotopic (exact) mass is 368 g/mol. The van der Waals surface area contributed by atoms with Crippen molar-refractivity contribution in [3.8, 4) is 0 Å². The van der Waals surface area contributed by atoms with Gasteiger partial charge in [-0.25, -0.2) is 12.7 Å². The fourth-order valence-corrected chi connectivity index (χ4v) is 4.26. The van der Waals surface area contributed by atoms with Crippen molar-refractivity contribution in [2.45, 2.75) is 32.7 Å². The van der Waals surface area contributed by atoms with Gasteiger partial charge < -0.3 is 10.1 Å². The van der Waals surface area contributed by atoms with Gasteiger partial charge in [0.05, 0.1) is 25.0 Å². The molecular weight excluding hydrogens is 340 g/mol. The molecule has 25 heavy (non-hydrogen) atoms. The van der Waals surface area contributed by atoms with Crippen LogP contribution in [0.15, 0.2) is 18.2 Å². The highest BCUT2D eigenvalue weighted by Gasteiger charge is 2.33. The normalized spacial score (nSPS) is 20.8. The Morgan fingerprint density at radius 1 is 1.20 bits per heavy atom. The summed E-state index contributed by atoms with van der Waals surface area (Å²) in [5, 5.41) is 2.94. The Morgan fingerprint density at radius 2 is 1.84 bits per heavy atom. The molecule has 1 heterocycles. The highest BCUT2D eigenvalue weighted by atomic mass is 32.2. The van der Waals surface area contributed by atoms with Gasteiger partial charge >= 0.3 is 0 Å². The number of carbonyl (C=O) groups is 1. The third kappa shape index (κ3) is 5.80. The molecule has 2 atom stereocenters. The molecule has 0 aliphatic carbocycles. The predicted octanol–water partition coefficient (Wildman–Crippen LogP) is 1.26. The number of nitrogens with one attached hydrogen (secondary N) is 1. The van der Waals surface area contributed by atoms with Crippen LogP contribution in [0, 0.1) is 19.8 Å². The summed E-state index contributed by atoms with van der Waals surface area (Å²) < 4.78 is 30.7. The summed E-state index contributed by atoms with van der Waals surface area (Å²) in [7, 11) is -0.280. The molecule has 1 N–H and O–H groups in total. The molecule has 0 spiro atoms. The number of benzene rings is 1. The first kappa shape index (κ1) is 19.9. The van der Waals surface area contributed by atoms with Crippen molar-refractivity contribution in [2.24, 2.45) is 5.92 Å². The molecule has 2 rings (SSSR count). The summed E-state index contributed by atoms with van der Waals surface area (Å²) >= 11 is 0. The molecule has 0 unspecified atom stereocenters. The van der Waals surface area contributed by atoms with Gasteiger partial charge in [0, 0.05) is 26.4 Å². The number of carbonyl (C=O) groups excluding carboxylic acids is 1. The smallest absolute Gasteiger partial charge is 0.220 e. The highest BCUT2D eigenvalue weighted by Crippen LogP contribution is 2.18. The third-order valence-corrected chi connectivity index (χ3v) is 6.41. The van der Waals surface area contributed by atoms with Crippen LogP contribution in [0.5, 0.6) is 0 Å². The number of hydrogen-bond acceptors (Lipinski definition) is 4. The minimum absolute atomic E-state index is 0.0119. The maximum atomic E-state index is 12.3. The van der Waals surface area contributed by atoms with Gasteiger partial charge in [0.2, 0.25) is 15.9 Å². The zero-order valence-corrected chi connectivity index (χ0v) is 16.2. The Bertz CT molecular complexity index is 696. The number of ether oxygens (including phenoxy) is 1. The van der Waals surface area contributed by atoms with E-state index in [1.165, 1.54) is 29.5 Å². The zero-order chi connectivity index (χ0) is 18.6. The van der Waals surface area contributed by atoms with E-state index >= 15 is 0 Å². The molecule has 0 saturated carbocycles. The summed E-state index contributed by atoms with van der Waals surface area (Å²) in [5.41, 5.74) is 3.52. The molecule has 140 valence electrons. The van der Waals surface area contributed by atoms with Crippen LogP contribution < -0.4 is 5.32 Å². The van der Waals surface area contributed by atoms with Crippen molar-refractivity contribution in [1.29, 1.82) is 0 Å². The lowest BCUT2D eigenvalue weighted by Gasteiger charge is -2.21. The molecule has 1 aromatic carbocycles. The van der Waals surface area contributed by atoms with Gasteiger partial charge in [-0.3, -0.25) is 4.79 Å². The maximum Gasteiger partial charge on any atom is 0.220 e. The molecule has 6 nitrogen and oxygen atoms in total. The van der Waals surface area contributed by atoms with Gasteiger partial charge in [-0.2, -0.15) is 0 Å². The lowest BCUT2D eigenvalue weighted by molar-refractivity contribution is -0.121. The standard InChI is InChI=1S/C18H28N2O4S/c1-13-7-14(2)9-15(8-13)5-6-18(21)19-17-11-24-10-16(17)12-25(22,23)20(3)4/h7-9,16-17H,5-6,10-12H2,1-4H3,(H,19,21)/t16-,17+/m0/s1. The molecule has 0 aromatic heterocycles. The Balaban J connectivity index is 1.88. The largest absolute Gasteiger partial charge is 0.379 e. The van der Waals surface area contributed by atoms with Crippen molar-refractivity contribution < 1.29 is 17.9 Å². The van der Waals surface area contributed by atoms with Crippen LogP contribution in [-0.2, 0) is 26.0 Å². The highest BCUT2D eigenvalue weighted by molar-refractivity contribution is 7.89. The molecule has 7 heteroatoms. The first-order valence-corrected chi connectivity index (χ1v) is 10.1. The number of rotatable bonds is 7. The topological polar surface area (TPSA) is 75.7 Å². The molecule has 0 radical (unpaired) electrons. The average molecular weight is 368 g/mol. The Morgan fingerprint density at radius 3 is 2.44 bits per heavy atom. The molecule has 1 saturated heterocycles. The van der Waals surface area contributed by atoms with Gasteiger partial charge in [-0.05, 0) is 25.8 Å². The summed E-state index contributed by atoms with van der Waals surface area (Å²) in [6.45, 7) is 4.81. The third-order valence-electron chi connectivity index (χ3n) is 4.45. The lowest BCUT2D eigenvalue weighted by Crippen LogP contribution is -2.43. The zero-order valence-electron chi connectivity index (χ0n) is 15.4. The van der Waals surface area contributed by atoms with Crippen LogP contribution in [0.2, 0.25) is 0 Å². The van der Waals surface area contributed by atoms with E-state index in [9.17, 15) is 13.2 Å². The van der Waals surface area contributed by atoms with Gasteiger partial charge in [-0.15, -0.1) is 0 Å². The second-order valence-corrected chi connectivity index (χ2v) is 9.26. The van der Waals surface area contributed by atoms with Crippen molar-refractivity contribution in [3.05, 3.63) is 34.9 Å². The average Bonchev–Trinajstić information content (AvgIpc) is 2.90. The summed E-state index contributed by atoms with van der Waals surface area (Å²) in [6, 6.07) is 6.04. The van der Waals surface area contributed by atoms with Gasteiger partial charge in [0.15, 0.2) is 0 Å². The summed E-state index contributed by atoms with van der Waals surface area (Å²) in [4.78, 5) is 12.3. The minimum atomic E-state index is -3.31. The first-order valence-electron chi connectivity index (χ1n) is 8.52. The van der Waals surface area contributed by atoms with E-state index < -0.39 is 10.0 Å². The van der Waals surface area contributed by atoms with Crippen LogP contribution in [0.4, 0.5) is 0 Å².